The normalized spacial score (nSPS) is 10.7. The molecule has 0 radical (unpaired) electrons. The van der Waals surface area contributed by atoms with Crippen LogP contribution < -0.4 is 5.32 Å². The highest BCUT2D eigenvalue weighted by molar-refractivity contribution is 7.07. The van der Waals surface area contributed by atoms with Crippen LogP contribution in [0.25, 0.3) is 0 Å². The van der Waals surface area contributed by atoms with Gasteiger partial charge >= 0.3 is 0 Å². The van der Waals surface area contributed by atoms with Crippen molar-refractivity contribution in [1.82, 2.24) is 9.80 Å². The van der Waals surface area contributed by atoms with E-state index in [4.69, 9.17) is 11.6 Å². The predicted molar refractivity (Wildman–Crippen MR) is 98.4 cm³/mol. The molecule has 2 rings (SSSR count). The summed E-state index contributed by atoms with van der Waals surface area (Å²) in [5.41, 5.74) is 1.79. The van der Waals surface area contributed by atoms with Gasteiger partial charge in [-0.2, -0.15) is 11.3 Å². The summed E-state index contributed by atoms with van der Waals surface area (Å²) in [6.07, 6.45) is 0. The van der Waals surface area contributed by atoms with Crippen molar-refractivity contribution in [1.29, 1.82) is 0 Å². The maximum atomic E-state index is 12.2. The van der Waals surface area contributed by atoms with Crippen molar-refractivity contribution >= 4 is 40.4 Å². The van der Waals surface area contributed by atoms with Gasteiger partial charge in [0.1, 0.15) is 0 Å². The number of anilines is 1. The Hall–Kier alpha value is -1.89. The molecular formula is C17H20ClN3O2S. The van der Waals surface area contributed by atoms with Gasteiger partial charge < -0.3 is 10.2 Å². The lowest BCUT2D eigenvalue weighted by atomic mass is 10.3. The Kier molecular flexibility index (Phi) is 6.78. The molecule has 0 unspecified atom stereocenters. The van der Waals surface area contributed by atoms with Crippen molar-refractivity contribution in [3.05, 3.63) is 51.7 Å². The van der Waals surface area contributed by atoms with E-state index >= 15 is 0 Å². The van der Waals surface area contributed by atoms with Gasteiger partial charge in [-0.1, -0.05) is 11.6 Å². The number of thiophene rings is 1. The molecule has 0 bridgehead atoms. The van der Waals surface area contributed by atoms with Crippen molar-refractivity contribution in [3.63, 3.8) is 0 Å². The second-order valence-corrected chi connectivity index (χ2v) is 6.83. The monoisotopic (exact) mass is 365 g/mol. The van der Waals surface area contributed by atoms with E-state index in [0.29, 0.717) is 17.3 Å². The Balaban J connectivity index is 1.76. The summed E-state index contributed by atoms with van der Waals surface area (Å²) in [6.45, 7) is 0.905. The minimum atomic E-state index is -0.173. The fourth-order valence-electron chi connectivity index (χ4n) is 2.13. The van der Waals surface area contributed by atoms with Crippen LogP contribution in [0.2, 0.25) is 5.02 Å². The quantitative estimate of drug-likeness (QED) is 0.820. The van der Waals surface area contributed by atoms with E-state index < -0.39 is 0 Å². The van der Waals surface area contributed by atoms with Crippen LogP contribution in [0.4, 0.5) is 5.69 Å². The first-order valence-corrected chi connectivity index (χ1v) is 8.75. The van der Waals surface area contributed by atoms with Gasteiger partial charge in [0, 0.05) is 24.3 Å². The highest BCUT2D eigenvalue weighted by Gasteiger charge is 2.14. The van der Waals surface area contributed by atoms with E-state index in [1.807, 2.05) is 16.8 Å². The first-order valence-electron chi connectivity index (χ1n) is 7.43. The average molecular weight is 366 g/mol. The molecule has 0 atom stereocenters. The first kappa shape index (κ1) is 18.4. The van der Waals surface area contributed by atoms with Crippen molar-refractivity contribution in [2.24, 2.45) is 0 Å². The molecule has 1 aromatic carbocycles. The summed E-state index contributed by atoms with van der Waals surface area (Å²) in [6, 6.07) is 8.89. The number of amides is 2. The molecule has 1 aromatic heterocycles. The fourth-order valence-corrected chi connectivity index (χ4v) is 2.92. The number of nitrogens with one attached hydrogen (secondary N) is 1. The Labute approximate surface area is 150 Å². The van der Waals surface area contributed by atoms with Crippen LogP contribution in [0.1, 0.15) is 5.56 Å². The van der Waals surface area contributed by atoms with Gasteiger partial charge in [-0.3, -0.25) is 14.5 Å². The van der Waals surface area contributed by atoms with E-state index in [1.54, 1.807) is 59.5 Å². The minimum Gasteiger partial charge on any atom is -0.340 e. The molecule has 2 aromatic rings. The molecule has 1 heterocycles. The fraction of sp³-hybridized carbons (Fsp3) is 0.294. The van der Waals surface area contributed by atoms with E-state index in [1.165, 1.54) is 0 Å². The maximum Gasteiger partial charge on any atom is 0.238 e. The molecule has 0 aliphatic carbocycles. The largest absolute Gasteiger partial charge is 0.340 e. The molecule has 0 aliphatic rings. The van der Waals surface area contributed by atoms with E-state index in [0.717, 1.165) is 5.56 Å². The zero-order chi connectivity index (χ0) is 17.5. The van der Waals surface area contributed by atoms with Gasteiger partial charge in [0.05, 0.1) is 13.1 Å². The minimum absolute atomic E-state index is 0.0250. The lowest BCUT2D eigenvalue weighted by Crippen LogP contribution is -2.39. The zero-order valence-electron chi connectivity index (χ0n) is 13.7. The third kappa shape index (κ3) is 5.96. The summed E-state index contributed by atoms with van der Waals surface area (Å²) < 4.78 is 0. The van der Waals surface area contributed by atoms with Crippen molar-refractivity contribution in [3.8, 4) is 0 Å². The molecule has 2 amide bonds. The molecule has 128 valence electrons. The Morgan fingerprint density at radius 3 is 2.46 bits per heavy atom. The molecule has 0 fully saturated rings. The molecule has 0 aliphatic heterocycles. The van der Waals surface area contributed by atoms with Gasteiger partial charge in [-0.05, 0) is 53.7 Å². The number of hydrogen-bond donors (Lipinski definition) is 1. The molecule has 24 heavy (non-hydrogen) atoms. The standard InChI is InChI=1S/C17H20ClN3O2S/c1-20(10-16(22)19-15-5-3-14(18)4-6-15)11-17(23)21(2)9-13-7-8-24-12-13/h3-8,12H,9-11H2,1-2H3,(H,19,22). The van der Waals surface area contributed by atoms with Gasteiger partial charge in [0.2, 0.25) is 11.8 Å². The predicted octanol–water partition coefficient (Wildman–Crippen LogP) is 2.93. The molecule has 5 nitrogen and oxygen atoms in total. The Morgan fingerprint density at radius 1 is 1.12 bits per heavy atom. The zero-order valence-corrected chi connectivity index (χ0v) is 15.2. The number of rotatable bonds is 7. The molecule has 1 N–H and O–H groups in total. The summed E-state index contributed by atoms with van der Waals surface area (Å²) in [4.78, 5) is 27.6. The van der Waals surface area contributed by atoms with Gasteiger partial charge in [-0.25, -0.2) is 0 Å². The number of halogens is 1. The lowest BCUT2D eigenvalue weighted by Gasteiger charge is -2.21. The van der Waals surface area contributed by atoms with Crippen LogP contribution in [0.5, 0.6) is 0 Å². The molecule has 0 saturated heterocycles. The summed E-state index contributed by atoms with van der Waals surface area (Å²) >= 11 is 7.42. The van der Waals surface area contributed by atoms with E-state index in [-0.39, 0.29) is 24.9 Å². The van der Waals surface area contributed by atoms with Crippen LogP contribution >= 0.6 is 22.9 Å². The Morgan fingerprint density at radius 2 is 1.83 bits per heavy atom. The topological polar surface area (TPSA) is 52.7 Å². The highest BCUT2D eigenvalue weighted by atomic mass is 35.5. The van der Waals surface area contributed by atoms with Gasteiger partial charge in [0.15, 0.2) is 0 Å². The number of benzene rings is 1. The van der Waals surface area contributed by atoms with Crippen molar-refractivity contribution < 1.29 is 9.59 Å². The van der Waals surface area contributed by atoms with Crippen molar-refractivity contribution in [2.45, 2.75) is 6.54 Å². The highest BCUT2D eigenvalue weighted by Crippen LogP contribution is 2.13. The second-order valence-electron chi connectivity index (χ2n) is 5.61. The number of nitrogens with zero attached hydrogens (tertiary/aromatic N) is 2. The third-order valence-corrected chi connectivity index (χ3v) is 4.36. The number of carbonyl (C=O) groups excluding carboxylic acids is 2. The van der Waals surface area contributed by atoms with Gasteiger partial charge in [-0.15, -0.1) is 0 Å². The second kappa shape index (κ2) is 8.82. The number of hydrogen-bond acceptors (Lipinski definition) is 4. The van der Waals surface area contributed by atoms with E-state index in [9.17, 15) is 9.59 Å². The SMILES string of the molecule is CN(CC(=O)Nc1ccc(Cl)cc1)CC(=O)N(C)Cc1ccsc1. The lowest BCUT2D eigenvalue weighted by molar-refractivity contribution is -0.131. The first-order chi connectivity index (χ1) is 11.4. The summed E-state index contributed by atoms with van der Waals surface area (Å²) in [5, 5.41) is 7.40. The average Bonchev–Trinajstić information content (AvgIpc) is 3.02. The summed E-state index contributed by atoms with van der Waals surface area (Å²) in [7, 11) is 3.51. The third-order valence-electron chi connectivity index (χ3n) is 3.37. The van der Waals surface area contributed by atoms with Crippen LogP contribution in [0.15, 0.2) is 41.1 Å². The molecule has 7 heteroatoms. The van der Waals surface area contributed by atoms with Crippen LogP contribution in [-0.4, -0.2) is 48.8 Å². The smallest absolute Gasteiger partial charge is 0.238 e. The molecular weight excluding hydrogens is 346 g/mol. The summed E-state index contributed by atoms with van der Waals surface area (Å²) in [5.74, 6) is -0.198. The number of likely N-dealkylation sites (N-methyl/N-ethyl adjacent to an activating group) is 2. The van der Waals surface area contributed by atoms with Crippen LogP contribution in [0, 0.1) is 0 Å². The van der Waals surface area contributed by atoms with E-state index in [2.05, 4.69) is 5.32 Å². The Bertz CT molecular complexity index is 674. The number of carbonyl (C=O) groups is 2. The maximum absolute atomic E-state index is 12.2. The molecule has 0 saturated carbocycles. The molecule has 0 spiro atoms. The van der Waals surface area contributed by atoms with Crippen LogP contribution in [-0.2, 0) is 16.1 Å². The van der Waals surface area contributed by atoms with Crippen LogP contribution in [0.3, 0.4) is 0 Å². The van der Waals surface area contributed by atoms with Gasteiger partial charge in [0.25, 0.3) is 0 Å². The van der Waals surface area contributed by atoms with Crippen molar-refractivity contribution in [2.75, 3.05) is 32.5 Å².